The summed E-state index contributed by atoms with van der Waals surface area (Å²) in [5, 5.41) is 2.68. The van der Waals surface area contributed by atoms with E-state index >= 15 is 0 Å². The molecule has 1 aromatic heterocycles. The number of aryl methyl sites for hydroxylation is 1. The molecule has 2 amide bonds. The van der Waals surface area contributed by atoms with Crippen molar-refractivity contribution >= 4 is 12.0 Å². The van der Waals surface area contributed by atoms with Crippen LogP contribution in [0.4, 0.5) is 4.79 Å². The highest BCUT2D eigenvalue weighted by Gasteiger charge is 2.40. The number of aromatic amines is 1. The minimum Gasteiger partial charge on any atom is -0.453 e. The molecule has 1 fully saturated rings. The van der Waals surface area contributed by atoms with Crippen LogP contribution in [0.3, 0.4) is 0 Å². The van der Waals surface area contributed by atoms with E-state index in [1.54, 1.807) is 6.20 Å². The van der Waals surface area contributed by atoms with Gasteiger partial charge in [0.25, 0.3) is 0 Å². The first kappa shape index (κ1) is 17.3. The summed E-state index contributed by atoms with van der Waals surface area (Å²) in [6.07, 6.45) is 2.96. The SMILES string of the molecule is COC(=O)N[C@H](C(=O)N1CCC[C@H]1c1ncc(C)[nH]1)C(C)(C)C. The number of carbonyl (C=O) groups is 2. The highest BCUT2D eigenvalue weighted by Crippen LogP contribution is 2.33. The average molecular weight is 322 g/mol. The summed E-state index contributed by atoms with van der Waals surface area (Å²) < 4.78 is 4.66. The second-order valence-electron chi connectivity index (χ2n) is 7.08. The lowest BCUT2D eigenvalue weighted by Crippen LogP contribution is -2.54. The van der Waals surface area contributed by atoms with E-state index in [9.17, 15) is 9.59 Å². The molecule has 2 atom stereocenters. The lowest BCUT2D eigenvalue weighted by molar-refractivity contribution is -0.137. The van der Waals surface area contributed by atoms with Crippen molar-refractivity contribution in [2.24, 2.45) is 5.41 Å². The van der Waals surface area contributed by atoms with Gasteiger partial charge in [0.05, 0.1) is 13.2 Å². The lowest BCUT2D eigenvalue weighted by Gasteiger charge is -2.35. The van der Waals surface area contributed by atoms with Crippen LogP contribution in [0.15, 0.2) is 6.20 Å². The van der Waals surface area contributed by atoms with Crippen molar-refractivity contribution in [3.63, 3.8) is 0 Å². The van der Waals surface area contributed by atoms with Crippen molar-refractivity contribution in [3.05, 3.63) is 17.7 Å². The largest absolute Gasteiger partial charge is 0.453 e. The third kappa shape index (κ3) is 3.83. The summed E-state index contributed by atoms with van der Waals surface area (Å²) in [6, 6.07) is -0.716. The smallest absolute Gasteiger partial charge is 0.407 e. The van der Waals surface area contributed by atoms with Gasteiger partial charge in [0.15, 0.2) is 0 Å². The fraction of sp³-hybridized carbons (Fsp3) is 0.688. The Morgan fingerprint density at radius 2 is 2.17 bits per heavy atom. The molecule has 0 saturated carbocycles. The minimum absolute atomic E-state index is 0.0690. The molecule has 1 aliphatic heterocycles. The molecule has 1 aromatic rings. The highest BCUT2D eigenvalue weighted by atomic mass is 16.5. The molecule has 2 N–H and O–H groups in total. The number of rotatable bonds is 3. The van der Waals surface area contributed by atoms with Gasteiger partial charge in [-0.3, -0.25) is 4.79 Å². The molecule has 7 heteroatoms. The normalized spacial score (nSPS) is 19.5. The first-order valence-corrected chi connectivity index (χ1v) is 7.90. The van der Waals surface area contributed by atoms with E-state index in [0.29, 0.717) is 6.54 Å². The van der Waals surface area contributed by atoms with E-state index < -0.39 is 17.6 Å². The van der Waals surface area contributed by atoms with Gasteiger partial charge in [-0.25, -0.2) is 9.78 Å². The molecule has 2 heterocycles. The van der Waals surface area contributed by atoms with E-state index in [1.165, 1.54) is 7.11 Å². The molecule has 0 unspecified atom stereocenters. The van der Waals surface area contributed by atoms with Gasteiger partial charge in [0.1, 0.15) is 11.9 Å². The Kier molecular flexibility index (Phi) is 4.97. The zero-order valence-corrected chi connectivity index (χ0v) is 14.5. The number of hydrogen-bond donors (Lipinski definition) is 2. The van der Waals surface area contributed by atoms with Crippen LogP contribution in [0.1, 0.15) is 51.2 Å². The molecule has 1 saturated heterocycles. The molecule has 0 spiro atoms. The van der Waals surface area contributed by atoms with Crippen molar-refractivity contribution in [3.8, 4) is 0 Å². The number of H-pyrrole nitrogens is 1. The molecule has 23 heavy (non-hydrogen) atoms. The number of ether oxygens (including phenoxy) is 1. The third-order valence-electron chi connectivity index (χ3n) is 4.13. The molecule has 2 rings (SSSR count). The summed E-state index contributed by atoms with van der Waals surface area (Å²) in [5.41, 5.74) is 0.552. The van der Waals surface area contributed by atoms with Crippen molar-refractivity contribution in [1.82, 2.24) is 20.2 Å². The van der Waals surface area contributed by atoms with Gasteiger partial charge in [0.2, 0.25) is 5.91 Å². The quantitative estimate of drug-likeness (QED) is 0.892. The summed E-state index contributed by atoms with van der Waals surface area (Å²) >= 11 is 0. The predicted molar refractivity (Wildman–Crippen MR) is 85.8 cm³/mol. The third-order valence-corrected chi connectivity index (χ3v) is 4.13. The zero-order valence-electron chi connectivity index (χ0n) is 14.5. The van der Waals surface area contributed by atoms with Crippen LogP contribution in [0.2, 0.25) is 0 Å². The Morgan fingerprint density at radius 1 is 1.48 bits per heavy atom. The van der Waals surface area contributed by atoms with Gasteiger partial charge in [-0.05, 0) is 25.2 Å². The van der Waals surface area contributed by atoms with Crippen molar-refractivity contribution in [2.45, 2.75) is 52.6 Å². The number of amides is 2. The van der Waals surface area contributed by atoms with Gasteiger partial charge in [-0.1, -0.05) is 20.8 Å². The van der Waals surface area contributed by atoms with Gasteiger partial charge in [-0.2, -0.15) is 0 Å². The van der Waals surface area contributed by atoms with Crippen LogP contribution in [-0.4, -0.2) is 46.6 Å². The number of nitrogens with zero attached hydrogens (tertiary/aromatic N) is 2. The maximum absolute atomic E-state index is 13.0. The summed E-state index contributed by atoms with van der Waals surface area (Å²) in [5.74, 6) is 0.707. The summed E-state index contributed by atoms with van der Waals surface area (Å²) in [6.45, 7) is 8.38. The van der Waals surface area contributed by atoms with Crippen molar-refractivity contribution in [2.75, 3.05) is 13.7 Å². The Morgan fingerprint density at radius 3 is 2.70 bits per heavy atom. The first-order chi connectivity index (χ1) is 10.7. The van der Waals surface area contributed by atoms with Crippen molar-refractivity contribution in [1.29, 1.82) is 0 Å². The summed E-state index contributed by atoms with van der Waals surface area (Å²) in [4.78, 5) is 34.1. The molecular formula is C16H26N4O3. The molecular weight excluding hydrogens is 296 g/mol. The van der Waals surface area contributed by atoms with Crippen molar-refractivity contribution < 1.29 is 14.3 Å². The van der Waals surface area contributed by atoms with Gasteiger partial charge < -0.3 is 19.9 Å². The average Bonchev–Trinajstić information content (AvgIpc) is 3.10. The maximum Gasteiger partial charge on any atom is 0.407 e. The van der Waals surface area contributed by atoms with Gasteiger partial charge >= 0.3 is 6.09 Å². The molecule has 128 valence electrons. The number of hydrogen-bond acceptors (Lipinski definition) is 4. The number of carbonyl (C=O) groups excluding carboxylic acids is 2. The van der Waals surface area contributed by atoms with Crippen LogP contribution in [0.25, 0.3) is 0 Å². The van der Waals surface area contributed by atoms with Crippen LogP contribution >= 0.6 is 0 Å². The van der Waals surface area contributed by atoms with E-state index in [0.717, 1.165) is 24.4 Å². The molecule has 0 aromatic carbocycles. The Hall–Kier alpha value is -2.05. The fourth-order valence-electron chi connectivity index (χ4n) is 2.91. The van der Waals surface area contributed by atoms with Gasteiger partial charge in [0, 0.05) is 18.4 Å². The number of aromatic nitrogens is 2. The maximum atomic E-state index is 13.0. The van der Waals surface area contributed by atoms with Gasteiger partial charge in [-0.15, -0.1) is 0 Å². The van der Waals surface area contributed by atoms with E-state index in [1.807, 2.05) is 32.6 Å². The van der Waals surface area contributed by atoms with Crippen LogP contribution in [0, 0.1) is 12.3 Å². The van der Waals surface area contributed by atoms with E-state index in [2.05, 4.69) is 20.0 Å². The second kappa shape index (κ2) is 6.60. The fourth-order valence-corrected chi connectivity index (χ4v) is 2.91. The standard InChI is InChI=1S/C16H26N4O3/c1-10-9-17-13(18-10)11-7-6-8-20(11)14(21)12(16(2,3)4)19-15(22)23-5/h9,11-12H,6-8H2,1-5H3,(H,17,18)(H,19,22)/t11-,12+/m0/s1. The van der Waals surface area contributed by atoms with E-state index in [4.69, 9.17) is 0 Å². The minimum atomic E-state index is -0.647. The number of nitrogens with one attached hydrogen (secondary N) is 2. The zero-order chi connectivity index (χ0) is 17.2. The first-order valence-electron chi connectivity index (χ1n) is 7.90. The van der Waals surface area contributed by atoms with E-state index in [-0.39, 0.29) is 11.9 Å². The molecule has 0 aliphatic carbocycles. The molecule has 0 radical (unpaired) electrons. The Bertz CT molecular complexity index is 576. The molecule has 1 aliphatic rings. The number of imidazole rings is 1. The molecule has 0 bridgehead atoms. The van der Waals surface area contributed by atoms with Crippen LogP contribution in [-0.2, 0) is 9.53 Å². The number of alkyl carbamates (subject to hydrolysis) is 1. The number of likely N-dealkylation sites (tertiary alicyclic amines) is 1. The monoisotopic (exact) mass is 322 g/mol. The highest BCUT2D eigenvalue weighted by molar-refractivity contribution is 5.87. The summed E-state index contributed by atoms with van der Waals surface area (Å²) in [7, 11) is 1.30. The van der Waals surface area contributed by atoms with Crippen LogP contribution in [0.5, 0.6) is 0 Å². The van der Waals surface area contributed by atoms with Crippen LogP contribution < -0.4 is 5.32 Å². The Balaban J connectivity index is 2.22. The predicted octanol–water partition coefficient (Wildman–Crippen LogP) is 2.15. The lowest BCUT2D eigenvalue weighted by atomic mass is 9.85. The topological polar surface area (TPSA) is 87.3 Å². The second-order valence-corrected chi connectivity index (χ2v) is 7.08. The number of methoxy groups -OCH3 is 1. The Labute approximate surface area is 136 Å². The molecule has 7 nitrogen and oxygen atoms in total.